The van der Waals surface area contributed by atoms with Gasteiger partial charge in [0.05, 0.1) is 19.3 Å². The summed E-state index contributed by atoms with van der Waals surface area (Å²) >= 11 is 0. The van der Waals surface area contributed by atoms with Crippen LogP contribution in [0.1, 0.15) is 12.5 Å². The van der Waals surface area contributed by atoms with Gasteiger partial charge in [-0.1, -0.05) is 42.5 Å². The van der Waals surface area contributed by atoms with E-state index in [1.165, 1.54) is 5.56 Å². The summed E-state index contributed by atoms with van der Waals surface area (Å²) in [5, 5.41) is 3.46. The topological polar surface area (TPSA) is 43.3 Å². The number of aliphatic imine (C=N–C) groups is 1. The average molecular weight is 386 g/mol. The number of nitrogens with one attached hydrogen (secondary N) is 1. The molecular weight excluding hydrogens is 350 g/mol. The van der Waals surface area contributed by atoms with Crippen LogP contribution < -0.4 is 5.32 Å². The lowest BCUT2D eigenvalue weighted by Crippen LogP contribution is -2.52. The molecule has 2 fully saturated rings. The molecule has 2 saturated heterocycles. The predicted molar refractivity (Wildman–Crippen MR) is 117 cm³/mol. The summed E-state index contributed by atoms with van der Waals surface area (Å²) < 4.78 is 5.85. The Morgan fingerprint density at radius 3 is 2.68 bits per heavy atom. The van der Waals surface area contributed by atoms with Crippen LogP contribution in [0.15, 0.2) is 41.4 Å². The molecule has 1 unspecified atom stereocenters. The number of hydrogen-bond donors (Lipinski definition) is 1. The van der Waals surface area contributed by atoms with Crippen molar-refractivity contribution in [3.63, 3.8) is 0 Å². The molecule has 0 saturated carbocycles. The third-order valence-corrected chi connectivity index (χ3v) is 5.27. The van der Waals surface area contributed by atoms with E-state index in [-0.39, 0.29) is 6.10 Å². The van der Waals surface area contributed by atoms with Crippen LogP contribution in [-0.2, 0) is 4.74 Å². The number of piperazine rings is 1. The smallest absolute Gasteiger partial charge is 0.194 e. The van der Waals surface area contributed by atoms with Crippen LogP contribution in [0.2, 0.25) is 0 Å². The van der Waals surface area contributed by atoms with E-state index in [0.29, 0.717) is 0 Å². The first kappa shape index (κ1) is 20.8. The minimum atomic E-state index is 0.205. The zero-order valence-corrected chi connectivity index (χ0v) is 17.4. The highest BCUT2D eigenvalue weighted by atomic mass is 16.5. The molecule has 2 aliphatic rings. The predicted octanol–water partition coefficient (Wildman–Crippen LogP) is 1.61. The first-order valence-corrected chi connectivity index (χ1v) is 10.5. The fraction of sp³-hybridized carbons (Fsp3) is 0.591. The van der Waals surface area contributed by atoms with Crippen molar-refractivity contribution in [1.82, 2.24) is 20.0 Å². The van der Waals surface area contributed by atoms with Gasteiger partial charge in [-0.3, -0.25) is 9.89 Å². The van der Waals surface area contributed by atoms with Crippen LogP contribution >= 0.6 is 0 Å². The molecule has 28 heavy (non-hydrogen) atoms. The Hall–Kier alpha value is -1.89. The van der Waals surface area contributed by atoms with Gasteiger partial charge in [-0.15, -0.1) is 0 Å². The molecular formula is C22H35N5O. The molecule has 6 heteroatoms. The Morgan fingerprint density at radius 1 is 1.18 bits per heavy atom. The number of likely N-dealkylation sites (N-methyl/N-ethyl adjacent to an activating group) is 1. The zero-order chi connectivity index (χ0) is 19.6. The van der Waals surface area contributed by atoms with Crippen molar-refractivity contribution in [2.24, 2.45) is 4.99 Å². The number of benzene rings is 1. The molecule has 1 aromatic carbocycles. The van der Waals surface area contributed by atoms with Gasteiger partial charge in [-0.25, -0.2) is 0 Å². The minimum Gasteiger partial charge on any atom is -0.374 e. The third kappa shape index (κ3) is 6.62. The Bertz CT molecular complexity index is 625. The van der Waals surface area contributed by atoms with Crippen LogP contribution in [0.4, 0.5) is 0 Å². The molecule has 0 spiro atoms. The van der Waals surface area contributed by atoms with Crippen molar-refractivity contribution in [2.75, 3.05) is 72.6 Å². The molecule has 2 aliphatic heterocycles. The summed E-state index contributed by atoms with van der Waals surface area (Å²) in [6.45, 7) is 11.7. The SMILES string of the molecule is CCNC(=NCC1CN(C)CCO1)N1CCN(C/C=C/c2ccccc2)CC1. The fourth-order valence-electron chi connectivity index (χ4n) is 3.64. The summed E-state index contributed by atoms with van der Waals surface area (Å²) in [5.41, 5.74) is 1.26. The van der Waals surface area contributed by atoms with Crippen molar-refractivity contribution < 1.29 is 4.74 Å². The third-order valence-electron chi connectivity index (χ3n) is 5.27. The van der Waals surface area contributed by atoms with Crippen LogP contribution in [0.3, 0.4) is 0 Å². The van der Waals surface area contributed by atoms with E-state index in [1.807, 2.05) is 0 Å². The molecule has 0 aliphatic carbocycles. The summed E-state index contributed by atoms with van der Waals surface area (Å²) in [6, 6.07) is 10.5. The Morgan fingerprint density at radius 2 is 1.96 bits per heavy atom. The van der Waals surface area contributed by atoms with Gasteiger partial charge in [-0.2, -0.15) is 0 Å². The largest absolute Gasteiger partial charge is 0.374 e. The fourth-order valence-corrected chi connectivity index (χ4v) is 3.64. The van der Waals surface area contributed by atoms with Gasteiger partial charge in [-0.05, 0) is 19.5 Å². The Labute approximate surface area is 169 Å². The van der Waals surface area contributed by atoms with Crippen molar-refractivity contribution in [1.29, 1.82) is 0 Å². The van der Waals surface area contributed by atoms with Crippen LogP contribution in [0.5, 0.6) is 0 Å². The van der Waals surface area contributed by atoms with Crippen LogP contribution in [0, 0.1) is 0 Å². The summed E-state index contributed by atoms with van der Waals surface area (Å²) in [7, 11) is 2.15. The second-order valence-electron chi connectivity index (χ2n) is 7.55. The molecule has 0 amide bonds. The first-order valence-electron chi connectivity index (χ1n) is 10.5. The number of morpholine rings is 1. The Kier molecular flexibility index (Phi) is 8.33. The molecule has 0 radical (unpaired) electrons. The number of rotatable bonds is 6. The number of ether oxygens (including phenoxy) is 1. The van der Waals surface area contributed by atoms with Gasteiger partial charge >= 0.3 is 0 Å². The lowest BCUT2D eigenvalue weighted by Gasteiger charge is -2.36. The van der Waals surface area contributed by atoms with Crippen LogP contribution in [0.25, 0.3) is 6.08 Å². The first-order chi connectivity index (χ1) is 13.7. The molecule has 154 valence electrons. The van der Waals surface area contributed by atoms with Crippen molar-refractivity contribution in [2.45, 2.75) is 13.0 Å². The Balaban J connectivity index is 1.45. The quantitative estimate of drug-likeness (QED) is 0.595. The molecule has 1 N–H and O–H groups in total. The maximum Gasteiger partial charge on any atom is 0.194 e. The minimum absolute atomic E-state index is 0.205. The van der Waals surface area contributed by atoms with E-state index in [0.717, 1.165) is 71.5 Å². The monoisotopic (exact) mass is 385 g/mol. The molecule has 1 atom stereocenters. The lowest BCUT2D eigenvalue weighted by atomic mass is 10.2. The molecule has 0 bridgehead atoms. The normalized spacial score (nSPS) is 22.7. The lowest BCUT2D eigenvalue weighted by molar-refractivity contribution is -0.0137. The van der Waals surface area contributed by atoms with E-state index in [4.69, 9.17) is 9.73 Å². The van der Waals surface area contributed by atoms with E-state index >= 15 is 0 Å². The molecule has 6 nitrogen and oxygen atoms in total. The van der Waals surface area contributed by atoms with E-state index in [1.54, 1.807) is 0 Å². The van der Waals surface area contributed by atoms with Crippen molar-refractivity contribution in [3.8, 4) is 0 Å². The number of guanidine groups is 1. The van der Waals surface area contributed by atoms with E-state index < -0.39 is 0 Å². The standard InChI is InChI=1S/C22H35N5O/c1-3-23-22(24-18-21-19-25(2)16-17-28-21)27-14-12-26(13-15-27)11-7-10-20-8-5-4-6-9-20/h4-10,21H,3,11-19H2,1-2H3,(H,23,24)/b10-7+. The second-order valence-corrected chi connectivity index (χ2v) is 7.55. The number of hydrogen-bond acceptors (Lipinski definition) is 4. The van der Waals surface area contributed by atoms with Gasteiger partial charge < -0.3 is 19.9 Å². The summed E-state index contributed by atoms with van der Waals surface area (Å²) in [5.74, 6) is 1.03. The highest BCUT2D eigenvalue weighted by Crippen LogP contribution is 2.07. The molecule has 1 aromatic rings. The van der Waals surface area contributed by atoms with Crippen LogP contribution in [-0.4, -0.2) is 99.3 Å². The van der Waals surface area contributed by atoms with Gasteiger partial charge in [0.15, 0.2) is 5.96 Å². The van der Waals surface area contributed by atoms with E-state index in [9.17, 15) is 0 Å². The molecule has 0 aromatic heterocycles. The van der Waals surface area contributed by atoms with Gasteiger partial charge in [0, 0.05) is 52.4 Å². The summed E-state index contributed by atoms with van der Waals surface area (Å²) in [6.07, 6.45) is 4.68. The zero-order valence-electron chi connectivity index (χ0n) is 17.4. The summed E-state index contributed by atoms with van der Waals surface area (Å²) in [4.78, 5) is 12.1. The molecule has 3 rings (SSSR count). The van der Waals surface area contributed by atoms with Crippen molar-refractivity contribution >= 4 is 12.0 Å². The van der Waals surface area contributed by atoms with Gasteiger partial charge in [0.2, 0.25) is 0 Å². The highest BCUT2D eigenvalue weighted by molar-refractivity contribution is 5.80. The maximum atomic E-state index is 5.85. The van der Waals surface area contributed by atoms with Gasteiger partial charge in [0.25, 0.3) is 0 Å². The highest BCUT2D eigenvalue weighted by Gasteiger charge is 2.21. The van der Waals surface area contributed by atoms with Gasteiger partial charge in [0.1, 0.15) is 0 Å². The van der Waals surface area contributed by atoms with E-state index in [2.05, 4.69) is 76.5 Å². The average Bonchev–Trinajstić information content (AvgIpc) is 2.73. The second kappa shape index (κ2) is 11.2. The maximum absolute atomic E-state index is 5.85. The molecule has 2 heterocycles. The van der Waals surface area contributed by atoms with Crippen molar-refractivity contribution in [3.05, 3.63) is 42.0 Å². The number of nitrogens with zero attached hydrogens (tertiary/aromatic N) is 4.